The number of nitrogens with one attached hydrogen (secondary N) is 1. The van der Waals surface area contributed by atoms with Gasteiger partial charge in [-0.25, -0.2) is 0 Å². The third-order valence-corrected chi connectivity index (χ3v) is 5.73. The van der Waals surface area contributed by atoms with E-state index >= 15 is 0 Å². The van der Waals surface area contributed by atoms with Crippen molar-refractivity contribution in [2.24, 2.45) is 0 Å². The van der Waals surface area contributed by atoms with Crippen LogP contribution in [0.2, 0.25) is 20.1 Å². The minimum absolute atomic E-state index is 0.00425. The molecule has 3 aromatic carbocycles. The minimum atomic E-state index is -0.0432. The van der Waals surface area contributed by atoms with Gasteiger partial charge in [0.2, 0.25) is 11.8 Å². The van der Waals surface area contributed by atoms with Crippen LogP contribution in [0.15, 0.2) is 66.7 Å². The van der Waals surface area contributed by atoms with Crippen LogP contribution in [0.4, 0.5) is 17.1 Å². The van der Waals surface area contributed by atoms with Crippen LogP contribution in [-0.4, -0.2) is 11.8 Å². The fourth-order valence-corrected chi connectivity index (χ4v) is 3.21. The van der Waals surface area contributed by atoms with E-state index < -0.39 is 0 Å². The summed E-state index contributed by atoms with van der Waals surface area (Å²) in [6.45, 7) is 3.61. The number of benzene rings is 3. The molecule has 0 heterocycles. The van der Waals surface area contributed by atoms with Crippen LogP contribution >= 0.6 is 46.4 Å². The maximum Gasteiger partial charge on any atom is 0.231 e. The number of carbonyl (C=O) groups excluding carboxylic acids is 2. The Kier molecular flexibility index (Phi) is 10.3. The van der Waals surface area contributed by atoms with Crippen LogP contribution in [0.1, 0.15) is 26.7 Å². The van der Waals surface area contributed by atoms with Gasteiger partial charge in [0, 0.05) is 24.2 Å². The molecule has 0 saturated heterocycles. The van der Waals surface area contributed by atoms with Crippen molar-refractivity contribution in [2.45, 2.75) is 26.7 Å². The average molecular weight is 512 g/mol. The van der Waals surface area contributed by atoms with Gasteiger partial charge in [0.15, 0.2) is 0 Å². The quantitative estimate of drug-likeness (QED) is 0.373. The monoisotopic (exact) mass is 510 g/mol. The Balaban J connectivity index is 0.000000244. The molecule has 32 heavy (non-hydrogen) atoms. The van der Waals surface area contributed by atoms with Crippen LogP contribution in [-0.2, 0) is 9.59 Å². The third-order valence-electron chi connectivity index (χ3n) is 4.25. The molecule has 0 aliphatic heterocycles. The summed E-state index contributed by atoms with van der Waals surface area (Å²) in [5.74, 6) is -0.0389. The van der Waals surface area contributed by atoms with E-state index in [1.165, 1.54) is 0 Å². The van der Waals surface area contributed by atoms with Gasteiger partial charge in [-0.2, -0.15) is 0 Å². The zero-order valence-electron chi connectivity index (χ0n) is 17.5. The number of para-hydroxylation sites is 1. The van der Waals surface area contributed by atoms with Crippen LogP contribution in [0.5, 0.6) is 0 Å². The van der Waals surface area contributed by atoms with E-state index in [1.54, 1.807) is 48.2 Å². The average Bonchev–Trinajstić information content (AvgIpc) is 2.79. The molecular formula is C24H22Cl4N2O2. The fraction of sp³-hybridized carbons (Fsp3) is 0.167. The molecule has 2 amide bonds. The number of anilines is 3. The van der Waals surface area contributed by atoms with E-state index in [0.717, 1.165) is 5.69 Å². The molecule has 0 fully saturated rings. The van der Waals surface area contributed by atoms with E-state index in [1.807, 2.05) is 37.3 Å². The first-order valence-electron chi connectivity index (χ1n) is 9.84. The number of halogens is 4. The highest BCUT2D eigenvalue weighted by molar-refractivity contribution is 6.42. The molecular weight excluding hydrogens is 490 g/mol. The van der Waals surface area contributed by atoms with Gasteiger partial charge >= 0.3 is 0 Å². The third kappa shape index (κ3) is 7.42. The number of nitrogens with zero attached hydrogens (tertiary/aromatic N) is 1. The van der Waals surface area contributed by atoms with Crippen LogP contribution in [0.3, 0.4) is 0 Å². The minimum Gasteiger partial charge on any atom is -0.326 e. The summed E-state index contributed by atoms with van der Waals surface area (Å²) in [6, 6.07) is 19.6. The first-order chi connectivity index (χ1) is 15.3. The molecule has 0 saturated carbocycles. The molecule has 0 atom stereocenters. The van der Waals surface area contributed by atoms with Gasteiger partial charge in [0.05, 0.1) is 25.8 Å². The van der Waals surface area contributed by atoms with Crippen molar-refractivity contribution in [3.8, 4) is 0 Å². The predicted molar refractivity (Wildman–Crippen MR) is 136 cm³/mol. The largest absolute Gasteiger partial charge is 0.326 e. The summed E-state index contributed by atoms with van der Waals surface area (Å²) in [5, 5.41) is 4.51. The Hall–Kier alpha value is -2.24. The first-order valence-corrected chi connectivity index (χ1v) is 11.4. The molecule has 0 aliphatic carbocycles. The molecule has 0 radical (unpaired) electrons. The summed E-state index contributed by atoms with van der Waals surface area (Å²) in [7, 11) is 0. The summed E-state index contributed by atoms with van der Waals surface area (Å²) >= 11 is 23.4. The maximum absolute atomic E-state index is 12.2. The van der Waals surface area contributed by atoms with Crippen molar-refractivity contribution >= 4 is 75.3 Å². The lowest BCUT2D eigenvalue weighted by molar-refractivity contribution is -0.117. The summed E-state index contributed by atoms with van der Waals surface area (Å²) < 4.78 is 0. The maximum atomic E-state index is 12.2. The van der Waals surface area contributed by atoms with Gasteiger partial charge < -0.3 is 5.32 Å². The molecule has 0 aliphatic rings. The fourth-order valence-electron chi connectivity index (χ4n) is 2.62. The van der Waals surface area contributed by atoms with E-state index in [0.29, 0.717) is 44.3 Å². The normalized spacial score (nSPS) is 10.1. The van der Waals surface area contributed by atoms with Crippen molar-refractivity contribution in [2.75, 3.05) is 10.2 Å². The van der Waals surface area contributed by atoms with Crippen molar-refractivity contribution in [3.63, 3.8) is 0 Å². The Morgan fingerprint density at radius 1 is 0.719 bits per heavy atom. The number of hydrogen-bond donors (Lipinski definition) is 1. The van der Waals surface area contributed by atoms with Crippen LogP contribution in [0.25, 0.3) is 0 Å². The molecule has 3 rings (SSSR count). The Labute approximate surface area is 208 Å². The lowest BCUT2D eigenvalue weighted by Crippen LogP contribution is -2.24. The van der Waals surface area contributed by atoms with Crippen molar-refractivity contribution < 1.29 is 9.59 Å². The SMILES string of the molecule is CCC(=O)N(c1ccccc1)c1ccc(Cl)c(Cl)c1.CCC(=O)Nc1ccc(Cl)c(Cl)c1. The molecule has 0 bridgehead atoms. The second kappa shape index (κ2) is 12.7. The zero-order valence-corrected chi connectivity index (χ0v) is 20.6. The Morgan fingerprint density at radius 3 is 1.84 bits per heavy atom. The molecule has 0 aromatic heterocycles. The molecule has 168 valence electrons. The predicted octanol–water partition coefficient (Wildman–Crippen LogP) is 8.41. The first kappa shape index (κ1) is 26.0. The lowest BCUT2D eigenvalue weighted by atomic mass is 10.2. The second-order valence-corrected chi connectivity index (χ2v) is 8.18. The van der Waals surface area contributed by atoms with Crippen molar-refractivity contribution in [1.29, 1.82) is 0 Å². The molecule has 0 spiro atoms. The van der Waals surface area contributed by atoms with Gasteiger partial charge in [-0.3, -0.25) is 14.5 Å². The van der Waals surface area contributed by atoms with Gasteiger partial charge in [0.25, 0.3) is 0 Å². The second-order valence-electron chi connectivity index (χ2n) is 6.55. The zero-order chi connectivity index (χ0) is 23.7. The van der Waals surface area contributed by atoms with Crippen molar-refractivity contribution in [3.05, 3.63) is 86.8 Å². The van der Waals surface area contributed by atoms with E-state index in [4.69, 9.17) is 46.4 Å². The highest BCUT2D eigenvalue weighted by Gasteiger charge is 2.16. The standard InChI is InChI=1S/C15H13Cl2NO.C9H9Cl2NO/c1-2-15(19)18(11-6-4-3-5-7-11)12-8-9-13(16)14(17)10-12;1-2-9(13)12-6-3-4-7(10)8(11)5-6/h3-10H,2H2,1H3;3-5H,2H2,1H3,(H,12,13). The van der Waals surface area contributed by atoms with Crippen LogP contribution in [0, 0.1) is 0 Å². The van der Waals surface area contributed by atoms with Gasteiger partial charge in [-0.1, -0.05) is 78.5 Å². The topological polar surface area (TPSA) is 49.4 Å². The highest BCUT2D eigenvalue weighted by atomic mass is 35.5. The number of hydrogen-bond acceptors (Lipinski definition) is 2. The number of carbonyl (C=O) groups is 2. The summed E-state index contributed by atoms with van der Waals surface area (Å²) in [6.07, 6.45) is 0.857. The summed E-state index contributed by atoms with van der Waals surface area (Å²) in [5.41, 5.74) is 2.20. The molecule has 0 unspecified atom stereocenters. The van der Waals surface area contributed by atoms with Gasteiger partial charge in [-0.15, -0.1) is 0 Å². The lowest BCUT2D eigenvalue weighted by Gasteiger charge is -2.22. The molecule has 4 nitrogen and oxygen atoms in total. The smallest absolute Gasteiger partial charge is 0.231 e. The van der Waals surface area contributed by atoms with E-state index in [-0.39, 0.29) is 11.8 Å². The van der Waals surface area contributed by atoms with Gasteiger partial charge in [0.1, 0.15) is 0 Å². The number of rotatable bonds is 5. The van der Waals surface area contributed by atoms with Crippen molar-refractivity contribution in [1.82, 2.24) is 0 Å². The summed E-state index contributed by atoms with van der Waals surface area (Å²) in [4.78, 5) is 24.8. The van der Waals surface area contributed by atoms with Crippen LogP contribution < -0.4 is 10.2 Å². The number of amides is 2. The molecule has 8 heteroatoms. The molecule has 1 N–H and O–H groups in total. The Morgan fingerprint density at radius 2 is 1.31 bits per heavy atom. The Bertz CT molecular complexity index is 1070. The molecule has 3 aromatic rings. The highest BCUT2D eigenvalue weighted by Crippen LogP contribution is 2.32. The van der Waals surface area contributed by atoms with E-state index in [2.05, 4.69) is 5.32 Å². The van der Waals surface area contributed by atoms with Gasteiger partial charge in [-0.05, 0) is 48.5 Å². The van der Waals surface area contributed by atoms with E-state index in [9.17, 15) is 9.59 Å².